The molecule has 0 aliphatic carbocycles. The van der Waals surface area contributed by atoms with Crippen LogP contribution in [0.5, 0.6) is 17.2 Å². The zero-order valence-electron chi connectivity index (χ0n) is 31.2. The number of ether oxygens (including phenoxy) is 2. The van der Waals surface area contributed by atoms with Crippen LogP contribution in [0.25, 0.3) is 10.8 Å². The summed E-state index contributed by atoms with van der Waals surface area (Å²) < 4.78 is 70.3. The lowest BCUT2D eigenvalue weighted by Crippen LogP contribution is -2.11. The third-order valence-corrected chi connectivity index (χ3v) is 10.4. The fraction of sp³-hybridized carbons (Fsp3) is 0.103. The first-order valence-corrected chi connectivity index (χ1v) is 20.0. The predicted octanol–water partition coefficient (Wildman–Crippen LogP) is 12.8. The van der Waals surface area contributed by atoms with E-state index in [1.54, 1.807) is 74.5 Å². The number of amides is 1. The van der Waals surface area contributed by atoms with Gasteiger partial charge in [-0.2, -0.15) is 15.3 Å². The molecule has 1 amide bonds. The molecular formula is C39H37N7O10S2. The third-order valence-electron chi connectivity index (χ3n) is 8.58. The SMILES string of the molecule is COc1cc(N=Nc2ccc(S(O)(O)O)cc2)c(C)cc1N=Nc1cc(OC)c(N=Nc2c(S(O)(O)O)cc3cc(NC(=O)c4ccccc4)ccc3c2O)cc1C. The second-order valence-electron chi connectivity index (χ2n) is 12.6. The summed E-state index contributed by atoms with van der Waals surface area (Å²) in [6.45, 7) is 3.54. The molecule has 0 saturated carbocycles. The van der Waals surface area contributed by atoms with Gasteiger partial charge in [0.25, 0.3) is 5.91 Å². The van der Waals surface area contributed by atoms with Gasteiger partial charge in [-0.25, -0.2) is 0 Å². The predicted molar refractivity (Wildman–Crippen MR) is 222 cm³/mol. The number of phenolic OH excluding ortho intramolecular Hbond substituents is 1. The Hall–Kier alpha value is -6.29. The minimum atomic E-state index is -4.43. The molecule has 6 rings (SSSR count). The molecule has 0 bridgehead atoms. The number of nitrogens with zero attached hydrogens (tertiary/aromatic N) is 6. The highest BCUT2D eigenvalue weighted by Crippen LogP contribution is 2.54. The molecule has 58 heavy (non-hydrogen) atoms. The quantitative estimate of drug-likeness (QED) is 0.0541. The Bertz CT molecular complexity index is 2590. The maximum absolute atomic E-state index is 12.7. The number of carbonyl (C=O) groups excluding carboxylic acids is 1. The van der Waals surface area contributed by atoms with Gasteiger partial charge in [0.1, 0.15) is 50.3 Å². The van der Waals surface area contributed by atoms with Crippen LogP contribution in [0.3, 0.4) is 0 Å². The lowest BCUT2D eigenvalue weighted by molar-refractivity contribution is 0.102. The summed E-state index contributed by atoms with van der Waals surface area (Å²) >= 11 is 0. The molecule has 0 atom stereocenters. The van der Waals surface area contributed by atoms with Crippen molar-refractivity contribution < 1.29 is 46.7 Å². The van der Waals surface area contributed by atoms with Gasteiger partial charge in [0.2, 0.25) is 0 Å². The van der Waals surface area contributed by atoms with Gasteiger partial charge in [-0.05, 0) is 103 Å². The molecule has 0 saturated heterocycles. The van der Waals surface area contributed by atoms with E-state index in [4.69, 9.17) is 9.47 Å². The molecule has 0 aromatic heterocycles. The molecule has 0 aliphatic heterocycles. The Balaban J connectivity index is 1.26. The van der Waals surface area contributed by atoms with Gasteiger partial charge in [0.05, 0.1) is 41.1 Å². The number of aromatic hydroxyl groups is 1. The Morgan fingerprint density at radius 1 is 0.603 bits per heavy atom. The summed E-state index contributed by atoms with van der Waals surface area (Å²) in [5.41, 5.74) is 3.50. The Labute approximate surface area is 334 Å². The molecule has 6 aromatic rings. The van der Waals surface area contributed by atoms with E-state index in [0.717, 1.165) is 0 Å². The first kappa shape index (κ1) is 41.3. The molecule has 0 spiro atoms. The fourth-order valence-electron chi connectivity index (χ4n) is 5.57. The maximum atomic E-state index is 12.7. The largest absolute Gasteiger partial charge is 0.505 e. The van der Waals surface area contributed by atoms with Gasteiger partial charge < -0.3 is 47.2 Å². The molecule has 0 heterocycles. The van der Waals surface area contributed by atoms with Crippen molar-refractivity contribution in [1.29, 1.82) is 0 Å². The number of azo groups is 3. The average Bonchev–Trinajstić information content (AvgIpc) is 3.19. The standard InChI is InChI=1S/C39H37N7O10S2/c1-22-16-32(34(55-3)20-30(22)42-41-26-10-13-28(14-11-26)57(49,50)51)44-43-31-21-35(56-4)33(17-23(31)2)45-46-37-36(58(52,53)54)19-25-18-27(12-15-29(25)38(37)47)40-39(48)24-8-6-5-7-9-24/h5-21,47,49-54H,1-4H3,(H,40,48). The molecule has 8 N–H and O–H groups in total. The molecule has 300 valence electrons. The zero-order chi connectivity index (χ0) is 41.8. The van der Waals surface area contributed by atoms with Crippen LogP contribution in [0.4, 0.5) is 39.8 Å². The van der Waals surface area contributed by atoms with Crippen LogP contribution < -0.4 is 14.8 Å². The highest BCUT2D eigenvalue weighted by molar-refractivity contribution is 8.19. The van der Waals surface area contributed by atoms with E-state index in [2.05, 4.69) is 36.0 Å². The number of hydrogen-bond acceptors (Lipinski definition) is 16. The highest BCUT2D eigenvalue weighted by Gasteiger charge is 2.26. The van der Waals surface area contributed by atoms with E-state index in [9.17, 15) is 37.2 Å². The van der Waals surface area contributed by atoms with E-state index in [0.29, 0.717) is 50.9 Å². The van der Waals surface area contributed by atoms with Crippen molar-refractivity contribution >= 4 is 78.2 Å². The summed E-state index contributed by atoms with van der Waals surface area (Å²) in [5.74, 6) is -0.325. The third kappa shape index (κ3) is 9.45. The number of aryl methyl sites for hydroxylation is 2. The molecule has 19 heteroatoms. The van der Waals surface area contributed by atoms with E-state index in [1.807, 2.05) is 0 Å². The molecule has 0 unspecified atom stereocenters. The minimum Gasteiger partial charge on any atom is -0.505 e. The molecule has 17 nitrogen and oxygen atoms in total. The summed E-state index contributed by atoms with van der Waals surface area (Å²) in [4.78, 5) is 12.2. The van der Waals surface area contributed by atoms with Crippen molar-refractivity contribution in [3.8, 4) is 17.2 Å². The Kier molecular flexibility index (Phi) is 12.2. The number of fused-ring (bicyclic) bond motifs is 1. The van der Waals surface area contributed by atoms with Crippen molar-refractivity contribution in [3.05, 3.63) is 120 Å². The number of anilines is 1. The maximum Gasteiger partial charge on any atom is 0.255 e. The van der Waals surface area contributed by atoms with Crippen LogP contribution in [-0.2, 0) is 0 Å². The number of methoxy groups -OCH3 is 2. The van der Waals surface area contributed by atoms with Gasteiger partial charge >= 0.3 is 0 Å². The number of benzene rings is 6. The van der Waals surface area contributed by atoms with Crippen LogP contribution in [0.2, 0.25) is 0 Å². The molecular weight excluding hydrogens is 791 g/mol. The Morgan fingerprint density at radius 3 is 1.71 bits per heavy atom. The van der Waals surface area contributed by atoms with Crippen molar-refractivity contribution in [1.82, 2.24) is 0 Å². The van der Waals surface area contributed by atoms with Crippen molar-refractivity contribution in [2.24, 2.45) is 30.7 Å². The molecule has 0 aliphatic rings. The molecule has 0 radical (unpaired) electrons. The van der Waals surface area contributed by atoms with Gasteiger partial charge in [-0.3, -0.25) is 4.79 Å². The van der Waals surface area contributed by atoms with Crippen LogP contribution in [0.15, 0.2) is 144 Å². The van der Waals surface area contributed by atoms with E-state index >= 15 is 0 Å². The second kappa shape index (κ2) is 17.1. The smallest absolute Gasteiger partial charge is 0.255 e. The highest BCUT2D eigenvalue weighted by atomic mass is 32.3. The first-order valence-electron chi connectivity index (χ1n) is 17.0. The number of hydrogen-bond donors (Lipinski definition) is 8. The topological polar surface area (TPSA) is 263 Å². The monoisotopic (exact) mass is 827 g/mol. The molecule has 6 aromatic carbocycles. The zero-order valence-corrected chi connectivity index (χ0v) is 32.8. The lowest BCUT2D eigenvalue weighted by atomic mass is 10.1. The summed E-state index contributed by atoms with van der Waals surface area (Å²) in [6.07, 6.45) is 0. The average molecular weight is 828 g/mol. The minimum absolute atomic E-state index is 0.0463. The fourth-order valence-corrected chi connectivity index (χ4v) is 6.75. The van der Waals surface area contributed by atoms with Crippen molar-refractivity contribution in [2.45, 2.75) is 23.6 Å². The van der Waals surface area contributed by atoms with E-state index in [-0.39, 0.29) is 33.0 Å². The summed E-state index contributed by atoms with van der Waals surface area (Å²) in [5, 5.41) is 40.1. The second-order valence-corrected chi connectivity index (χ2v) is 15.6. The van der Waals surface area contributed by atoms with Crippen LogP contribution in [0, 0.1) is 13.8 Å². The van der Waals surface area contributed by atoms with Gasteiger partial charge in [-0.15, -0.1) is 15.3 Å². The lowest BCUT2D eigenvalue weighted by Gasteiger charge is -2.22. The Morgan fingerprint density at radius 2 is 1.16 bits per heavy atom. The number of carbonyl (C=O) groups is 1. The van der Waals surface area contributed by atoms with E-state index in [1.165, 1.54) is 56.7 Å². The van der Waals surface area contributed by atoms with Crippen molar-refractivity contribution in [3.63, 3.8) is 0 Å². The summed E-state index contributed by atoms with van der Waals surface area (Å²) in [6, 6.07) is 26.4. The summed E-state index contributed by atoms with van der Waals surface area (Å²) in [7, 11) is -5.41. The number of rotatable bonds is 12. The van der Waals surface area contributed by atoms with Crippen LogP contribution in [0.1, 0.15) is 21.5 Å². The normalized spacial score (nSPS) is 12.8. The van der Waals surface area contributed by atoms with Crippen LogP contribution >= 0.6 is 21.7 Å². The van der Waals surface area contributed by atoms with E-state index < -0.39 is 38.1 Å². The van der Waals surface area contributed by atoms with Gasteiger partial charge in [-0.1, -0.05) is 18.2 Å². The van der Waals surface area contributed by atoms with Gasteiger partial charge in [0, 0.05) is 28.8 Å². The van der Waals surface area contributed by atoms with Crippen molar-refractivity contribution in [2.75, 3.05) is 19.5 Å². The van der Waals surface area contributed by atoms with Gasteiger partial charge in [0.15, 0.2) is 5.75 Å². The first-order chi connectivity index (χ1) is 27.5. The number of phenols is 1. The van der Waals surface area contributed by atoms with Crippen LogP contribution in [-0.4, -0.2) is 52.5 Å². The molecule has 0 fully saturated rings. The number of nitrogens with one attached hydrogen (secondary N) is 1.